The number of aryl methyl sites for hydroxylation is 1. The van der Waals surface area contributed by atoms with Gasteiger partial charge in [-0.05, 0) is 26.0 Å². The van der Waals surface area contributed by atoms with E-state index in [9.17, 15) is 0 Å². The maximum absolute atomic E-state index is 6.01. The van der Waals surface area contributed by atoms with E-state index < -0.39 is 0 Å². The van der Waals surface area contributed by atoms with Gasteiger partial charge in [0.15, 0.2) is 5.82 Å². The third kappa shape index (κ3) is 1.57. The minimum atomic E-state index is 0.702. The first-order chi connectivity index (χ1) is 6.72. The van der Waals surface area contributed by atoms with Crippen molar-refractivity contribution in [2.45, 2.75) is 20.4 Å². The summed E-state index contributed by atoms with van der Waals surface area (Å²) >= 11 is 7.75. The summed E-state index contributed by atoms with van der Waals surface area (Å²) in [6.07, 6.45) is 1.70. The largest absolute Gasteiger partial charge is 0.315 e. The molecule has 0 aromatic carbocycles. The van der Waals surface area contributed by atoms with E-state index in [4.69, 9.17) is 11.6 Å². The van der Waals surface area contributed by atoms with Crippen molar-refractivity contribution in [3.63, 3.8) is 0 Å². The summed E-state index contributed by atoms with van der Waals surface area (Å²) in [5, 5.41) is 0.702. The molecule has 0 atom stereocenters. The van der Waals surface area contributed by atoms with Crippen molar-refractivity contribution < 1.29 is 0 Å². The average Bonchev–Trinajstić information content (AvgIpc) is 2.71. The molecule has 2 aromatic rings. The SMILES string of the molecule is CCn1c(Cl)cnc1-c1ccc(C)s1. The minimum absolute atomic E-state index is 0.702. The van der Waals surface area contributed by atoms with Crippen LogP contribution in [0.4, 0.5) is 0 Å². The maximum atomic E-state index is 6.01. The van der Waals surface area contributed by atoms with E-state index in [1.165, 1.54) is 9.75 Å². The maximum Gasteiger partial charge on any atom is 0.151 e. The summed E-state index contributed by atoms with van der Waals surface area (Å²) in [4.78, 5) is 6.78. The summed E-state index contributed by atoms with van der Waals surface area (Å²) in [6.45, 7) is 5.01. The standard InChI is InChI=1S/C10H11ClN2S/c1-3-13-9(11)6-12-10(13)8-5-4-7(2)14-8/h4-6H,3H2,1-2H3. The Balaban J connectivity index is 2.51. The van der Waals surface area contributed by atoms with Gasteiger partial charge >= 0.3 is 0 Å². The van der Waals surface area contributed by atoms with E-state index in [0.717, 1.165) is 12.4 Å². The smallest absolute Gasteiger partial charge is 0.151 e. The molecule has 0 saturated heterocycles. The third-order valence-electron chi connectivity index (χ3n) is 2.08. The second kappa shape index (κ2) is 3.75. The van der Waals surface area contributed by atoms with E-state index in [1.54, 1.807) is 17.5 Å². The second-order valence-electron chi connectivity index (χ2n) is 3.06. The molecule has 0 bridgehead atoms. The Morgan fingerprint density at radius 3 is 2.86 bits per heavy atom. The van der Waals surface area contributed by atoms with Crippen LogP contribution >= 0.6 is 22.9 Å². The fraction of sp³-hybridized carbons (Fsp3) is 0.300. The van der Waals surface area contributed by atoms with Crippen LogP contribution < -0.4 is 0 Å². The van der Waals surface area contributed by atoms with E-state index in [1.807, 2.05) is 4.57 Å². The van der Waals surface area contributed by atoms with Crippen LogP contribution in [0.25, 0.3) is 10.7 Å². The number of thiophene rings is 1. The zero-order chi connectivity index (χ0) is 10.1. The van der Waals surface area contributed by atoms with Gasteiger partial charge in [0.1, 0.15) is 5.15 Å². The van der Waals surface area contributed by atoms with Crippen LogP contribution in [-0.2, 0) is 6.54 Å². The van der Waals surface area contributed by atoms with Gasteiger partial charge in [0.25, 0.3) is 0 Å². The molecule has 0 saturated carbocycles. The number of hydrogen-bond acceptors (Lipinski definition) is 2. The lowest BCUT2D eigenvalue weighted by molar-refractivity contribution is 0.773. The van der Waals surface area contributed by atoms with E-state index in [0.29, 0.717) is 5.15 Å². The second-order valence-corrected chi connectivity index (χ2v) is 4.73. The van der Waals surface area contributed by atoms with Gasteiger partial charge in [-0.3, -0.25) is 0 Å². The molecule has 74 valence electrons. The highest BCUT2D eigenvalue weighted by Crippen LogP contribution is 2.28. The molecule has 0 unspecified atom stereocenters. The van der Waals surface area contributed by atoms with Crippen molar-refractivity contribution in [3.05, 3.63) is 28.4 Å². The quantitative estimate of drug-likeness (QED) is 0.765. The number of halogens is 1. The first-order valence-electron chi connectivity index (χ1n) is 4.50. The van der Waals surface area contributed by atoms with Gasteiger partial charge in [0.2, 0.25) is 0 Å². The molecule has 0 aliphatic heterocycles. The molecular formula is C10H11ClN2S. The summed E-state index contributed by atoms with van der Waals surface area (Å²) in [7, 11) is 0. The predicted octanol–water partition coefficient (Wildman–Crippen LogP) is 3.59. The van der Waals surface area contributed by atoms with Gasteiger partial charge in [-0.25, -0.2) is 4.98 Å². The van der Waals surface area contributed by atoms with Gasteiger partial charge in [0.05, 0.1) is 11.1 Å². The molecule has 0 spiro atoms. The van der Waals surface area contributed by atoms with Crippen molar-refractivity contribution in [1.29, 1.82) is 0 Å². The van der Waals surface area contributed by atoms with Gasteiger partial charge in [-0.15, -0.1) is 11.3 Å². The minimum Gasteiger partial charge on any atom is -0.315 e. The summed E-state index contributed by atoms with van der Waals surface area (Å²) < 4.78 is 2.01. The number of rotatable bonds is 2. The Morgan fingerprint density at radius 2 is 2.29 bits per heavy atom. The topological polar surface area (TPSA) is 17.8 Å². The van der Waals surface area contributed by atoms with E-state index >= 15 is 0 Å². The van der Waals surface area contributed by atoms with E-state index in [2.05, 4.69) is 31.0 Å². The molecule has 0 fully saturated rings. The van der Waals surface area contributed by atoms with Gasteiger partial charge in [0, 0.05) is 11.4 Å². The van der Waals surface area contributed by atoms with Crippen LogP contribution in [0, 0.1) is 6.92 Å². The summed E-state index contributed by atoms with van der Waals surface area (Å²) in [6, 6.07) is 4.19. The first kappa shape index (κ1) is 9.74. The normalized spacial score (nSPS) is 10.8. The third-order valence-corrected chi connectivity index (χ3v) is 3.38. The first-order valence-corrected chi connectivity index (χ1v) is 5.69. The Labute approximate surface area is 92.2 Å². The molecular weight excluding hydrogens is 216 g/mol. The van der Waals surface area contributed by atoms with Crippen LogP contribution in [0.1, 0.15) is 11.8 Å². The fourth-order valence-electron chi connectivity index (χ4n) is 1.41. The Hall–Kier alpha value is -0.800. The molecule has 2 nitrogen and oxygen atoms in total. The molecule has 2 heterocycles. The van der Waals surface area contributed by atoms with Crippen molar-refractivity contribution in [2.24, 2.45) is 0 Å². The average molecular weight is 227 g/mol. The van der Waals surface area contributed by atoms with Gasteiger partial charge < -0.3 is 4.57 Å². The Kier molecular flexibility index (Phi) is 2.61. The summed E-state index contributed by atoms with van der Waals surface area (Å²) in [5.74, 6) is 0.968. The predicted molar refractivity (Wildman–Crippen MR) is 61.0 cm³/mol. The van der Waals surface area contributed by atoms with Crippen LogP contribution in [0.15, 0.2) is 18.3 Å². The molecule has 0 amide bonds. The van der Waals surface area contributed by atoms with Crippen LogP contribution in [0.3, 0.4) is 0 Å². The molecule has 2 aromatic heterocycles. The van der Waals surface area contributed by atoms with Crippen molar-refractivity contribution in [1.82, 2.24) is 9.55 Å². The number of nitrogens with zero attached hydrogens (tertiary/aromatic N) is 2. The number of hydrogen-bond donors (Lipinski definition) is 0. The van der Waals surface area contributed by atoms with Crippen LogP contribution in [0.5, 0.6) is 0 Å². The zero-order valence-electron chi connectivity index (χ0n) is 8.12. The monoisotopic (exact) mass is 226 g/mol. The summed E-state index contributed by atoms with van der Waals surface area (Å²) in [5.41, 5.74) is 0. The molecule has 4 heteroatoms. The lowest BCUT2D eigenvalue weighted by Crippen LogP contribution is -1.96. The molecule has 0 aliphatic carbocycles. The van der Waals surface area contributed by atoms with E-state index in [-0.39, 0.29) is 0 Å². The Bertz CT molecular complexity index is 445. The molecule has 0 aliphatic rings. The number of imidazole rings is 1. The van der Waals surface area contributed by atoms with Crippen molar-refractivity contribution >= 4 is 22.9 Å². The van der Waals surface area contributed by atoms with Gasteiger partial charge in [-0.2, -0.15) is 0 Å². The lowest BCUT2D eigenvalue weighted by Gasteiger charge is -2.02. The molecule has 0 N–H and O–H groups in total. The Morgan fingerprint density at radius 1 is 1.50 bits per heavy atom. The van der Waals surface area contributed by atoms with Crippen molar-refractivity contribution in [3.8, 4) is 10.7 Å². The lowest BCUT2D eigenvalue weighted by atomic mass is 10.4. The molecule has 2 rings (SSSR count). The fourth-order valence-corrected chi connectivity index (χ4v) is 2.53. The molecule has 0 radical (unpaired) electrons. The molecule has 14 heavy (non-hydrogen) atoms. The van der Waals surface area contributed by atoms with Crippen LogP contribution in [-0.4, -0.2) is 9.55 Å². The van der Waals surface area contributed by atoms with Crippen LogP contribution in [0.2, 0.25) is 5.15 Å². The number of aromatic nitrogens is 2. The zero-order valence-corrected chi connectivity index (χ0v) is 9.69. The highest BCUT2D eigenvalue weighted by Gasteiger charge is 2.10. The van der Waals surface area contributed by atoms with Crippen molar-refractivity contribution in [2.75, 3.05) is 0 Å². The van der Waals surface area contributed by atoms with Gasteiger partial charge in [-0.1, -0.05) is 11.6 Å². The highest BCUT2D eigenvalue weighted by molar-refractivity contribution is 7.15. The highest BCUT2D eigenvalue weighted by atomic mass is 35.5.